The molecule has 0 bridgehead atoms. The first-order chi connectivity index (χ1) is 8.24. The molecule has 0 radical (unpaired) electrons. The van der Waals surface area contributed by atoms with Crippen LogP contribution < -0.4 is 0 Å². The van der Waals surface area contributed by atoms with E-state index in [2.05, 4.69) is 0 Å². The number of amides is 1. The molecule has 1 amide bonds. The van der Waals surface area contributed by atoms with Crippen LogP contribution in [0.25, 0.3) is 0 Å². The van der Waals surface area contributed by atoms with Crippen molar-refractivity contribution in [3.05, 3.63) is 0 Å². The minimum Gasteiger partial charge on any atom is -0.444 e. The molecule has 106 valence electrons. The van der Waals surface area contributed by atoms with Crippen molar-refractivity contribution in [2.45, 2.75) is 44.7 Å². The Kier molecular flexibility index (Phi) is 4.58. The van der Waals surface area contributed by atoms with Crippen molar-refractivity contribution in [2.24, 2.45) is 0 Å². The predicted octanol–water partition coefficient (Wildman–Crippen LogP) is 0.977. The number of rotatable bonds is 2. The number of carbonyl (C=O) groups is 1. The smallest absolute Gasteiger partial charge is 0.410 e. The van der Waals surface area contributed by atoms with Crippen LogP contribution in [0.1, 0.15) is 27.2 Å². The van der Waals surface area contributed by atoms with Crippen molar-refractivity contribution in [1.82, 2.24) is 4.90 Å². The molecule has 0 spiro atoms. The highest BCUT2D eigenvalue weighted by atomic mass is 16.7. The van der Waals surface area contributed by atoms with Crippen molar-refractivity contribution >= 4 is 6.09 Å². The van der Waals surface area contributed by atoms with Crippen molar-refractivity contribution < 1.29 is 24.1 Å². The van der Waals surface area contributed by atoms with Gasteiger partial charge in [-0.15, -0.1) is 0 Å². The summed E-state index contributed by atoms with van der Waals surface area (Å²) in [5.41, 5.74) is -0.543. The van der Waals surface area contributed by atoms with E-state index in [1.54, 1.807) is 20.8 Å². The average molecular weight is 261 g/mol. The van der Waals surface area contributed by atoms with E-state index < -0.39 is 23.6 Å². The third-order valence-corrected chi connectivity index (χ3v) is 2.97. The second-order valence-electron chi connectivity index (χ2n) is 5.41. The molecule has 1 heterocycles. The number of carbonyl (C=O) groups excluding carboxylic acids is 1. The van der Waals surface area contributed by atoms with E-state index in [1.165, 1.54) is 19.1 Å². The maximum Gasteiger partial charge on any atom is 0.410 e. The molecule has 6 nitrogen and oxygen atoms in total. The summed E-state index contributed by atoms with van der Waals surface area (Å²) in [6.45, 7) is 5.98. The SMILES string of the molecule is COC1(OC)CCN(C(=O)OC(C)(C)C)C[C@@H]1O. The van der Waals surface area contributed by atoms with E-state index in [0.29, 0.717) is 13.0 Å². The summed E-state index contributed by atoms with van der Waals surface area (Å²) in [5, 5.41) is 10.0. The molecule has 0 aromatic carbocycles. The Morgan fingerprint density at radius 3 is 2.28 bits per heavy atom. The largest absolute Gasteiger partial charge is 0.444 e. The number of ether oxygens (including phenoxy) is 3. The molecule has 1 rings (SSSR count). The zero-order valence-electron chi connectivity index (χ0n) is 11.7. The summed E-state index contributed by atoms with van der Waals surface area (Å²) in [6.07, 6.45) is -0.920. The lowest BCUT2D eigenvalue weighted by atomic mass is 10.0. The van der Waals surface area contributed by atoms with Gasteiger partial charge < -0.3 is 24.2 Å². The minimum atomic E-state index is -1.03. The van der Waals surface area contributed by atoms with Gasteiger partial charge in [-0.3, -0.25) is 0 Å². The highest BCUT2D eigenvalue weighted by Crippen LogP contribution is 2.27. The lowest BCUT2D eigenvalue weighted by Crippen LogP contribution is -2.59. The van der Waals surface area contributed by atoms with Crippen molar-refractivity contribution in [2.75, 3.05) is 27.3 Å². The van der Waals surface area contributed by atoms with Crippen molar-refractivity contribution in [3.63, 3.8) is 0 Å². The average Bonchev–Trinajstić information content (AvgIpc) is 2.27. The van der Waals surface area contributed by atoms with Gasteiger partial charge in [0.15, 0.2) is 5.79 Å². The lowest BCUT2D eigenvalue weighted by molar-refractivity contribution is -0.276. The van der Waals surface area contributed by atoms with Crippen LogP contribution in [0.3, 0.4) is 0 Å². The van der Waals surface area contributed by atoms with E-state index in [0.717, 1.165) is 0 Å². The number of hydrogen-bond acceptors (Lipinski definition) is 5. The Morgan fingerprint density at radius 1 is 1.33 bits per heavy atom. The highest BCUT2D eigenvalue weighted by Gasteiger charge is 2.44. The molecule has 1 saturated heterocycles. The molecule has 0 aromatic rings. The lowest BCUT2D eigenvalue weighted by Gasteiger charge is -2.43. The molecular formula is C12H23NO5. The highest BCUT2D eigenvalue weighted by molar-refractivity contribution is 5.68. The topological polar surface area (TPSA) is 68.2 Å². The van der Waals surface area contributed by atoms with E-state index in [1.807, 2.05) is 0 Å². The summed E-state index contributed by atoms with van der Waals surface area (Å²) < 4.78 is 15.7. The van der Waals surface area contributed by atoms with Crippen LogP contribution in [0.2, 0.25) is 0 Å². The number of aliphatic hydroxyl groups excluding tert-OH is 1. The molecule has 6 heteroatoms. The second kappa shape index (κ2) is 5.42. The molecule has 0 unspecified atom stereocenters. The first kappa shape index (κ1) is 15.2. The molecule has 1 fully saturated rings. The van der Waals surface area contributed by atoms with Crippen LogP contribution in [0.4, 0.5) is 4.79 Å². The number of β-amino-alcohol motifs (C(OH)–C–C–N with tert-alkyl or cyclic N) is 1. The normalized spacial score (nSPS) is 23.9. The Labute approximate surface area is 108 Å². The fraction of sp³-hybridized carbons (Fsp3) is 0.917. The zero-order chi connectivity index (χ0) is 14.0. The summed E-state index contributed by atoms with van der Waals surface area (Å²) >= 11 is 0. The molecule has 1 aliphatic rings. The summed E-state index contributed by atoms with van der Waals surface area (Å²) in [4.78, 5) is 13.3. The molecule has 1 atom stereocenters. The van der Waals surface area contributed by atoms with Gasteiger partial charge in [0.05, 0.1) is 6.54 Å². The standard InChI is InChI=1S/C12H23NO5/c1-11(2,3)18-10(15)13-7-6-12(16-4,17-5)9(14)8-13/h9,14H,6-8H2,1-5H3/t9-/m0/s1. The monoisotopic (exact) mass is 261 g/mol. The summed E-state index contributed by atoms with van der Waals surface area (Å²) in [7, 11) is 2.96. The van der Waals surface area contributed by atoms with Gasteiger partial charge in [0.1, 0.15) is 11.7 Å². The van der Waals surface area contributed by atoms with Crippen LogP contribution in [0, 0.1) is 0 Å². The number of hydrogen-bond donors (Lipinski definition) is 1. The summed E-state index contributed by atoms with van der Waals surface area (Å²) in [5.74, 6) is -1.03. The first-order valence-corrected chi connectivity index (χ1v) is 6.00. The first-order valence-electron chi connectivity index (χ1n) is 6.00. The van der Waals surface area contributed by atoms with Gasteiger partial charge in [-0.25, -0.2) is 4.79 Å². The Bertz CT molecular complexity index is 295. The fourth-order valence-electron chi connectivity index (χ4n) is 1.95. The number of nitrogens with zero attached hydrogens (tertiary/aromatic N) is 1. The Balaban J connectivity index is 2.63. The van der Waals surface area contributed by atoms with Gasteiger partial charge in [-0.2, -0.15) is 0 Å². The van der Waals surface area contributed by atoms with Crippen LogP contribution in [-0.2, 0) is 14.2 Å². The Morgan fingerprint density at radius 2 is 1.89 bits per heavy atom. The van der Waals surface area contributed by atoms with Gasteiger partial charge in [0, 0.05) is 27.2 Å². The van der Waals surface area contributed by atoms with Gasteiger partial charge in [0.25, 0.3) is 0 Å². The maximum absolute atomic E-state index is 11.9. The van der Waals surface area contributed by atoms with Gasteiger partial charge in [-0.1, -0.05) is 0 Å². The molecule has 1 aliphatic heterocycles. The van der Waals surface area contributed by atoms with Gasteiger partial charge in [-0.05, 0) is 20.8 Å². The summed E-state index contributed by atoms with van der Waals surface area (Å²) in [6, 6.07) is 0. The quantitative estimate of drug-likeness (QED) is 0.750. The fourth-order valence-corrected chi connectivity index (χ4v) is 1.95. The second-order valence-corrected chi connectivity index (χ2v) is 5.41. The number of likely N-dealkylation sites (tertiary alicyclic amines) is 1. The molecule has 0 aromatic heterocycles. The van der Waals surface area contributed by atoms with E-state index in [9.17, 15) is 9.90 Å². The minimum absolute atomic E-state index is 0.136. The van der Waals surface area contributed by atoms with Crippen LogP contribution in [0.15, 0.2) is 0 Å². The molecule has 0 saturated carbocycles. The van der Waals surface area contributed by atoms with Gasteiger partial charge >= 0.3 is 6.09 Å². The third-order valence-electron chi connectivity index (χ3n) is 2.97. The number of piperidine rings is 1. The third kappa shape index (κ3) is 3.34. The number of methoxy groups -OCH3 is 2. The molecule has 1 N–H and O–H groups in total. The van der Waals surface area contributed by atoms with E-state index in [4.69, 9.17) is 14.2 Å². The predicted molar refractivity (Wildman–Crippen MR) is 65.2 cm³/mol. The molecule has 18 heavy (non-hydrogen) atoms. The van der Waals surface area contributed by atoms with Crippen molar-refractivity contribution in [1.29, 1.82) is 0 Å². The van der Waals surface area contributed by atoms with Crippen molar-refractivity contribution in [3.8, 4) is 0 Å². The van der Waals surface area contributed by atoms with E-state index in [-0.39, 0.29) is 6.54 Å². The zero-order valence-corrected chi connectivity index (χ0v) is 11.7. The molecule has 0 aliphatic carbocycles. The molecular weight excluding hydrogens is 238 g/mol. The van der Waals surface area contributed by atoms with Gasteiger partial charge in [0.2, 0.25) is 0 Å². The van der Waals surface area contributed by atoms with Crippen LogP contribution in [-0.4, -0.2) is 60.9 Å². The van der Waals surface area contributed by atoms with Crippen LogP contribution >= 0.6 is 0 Å². The maximum atomic E-state index is 11.9. The van der Waals surface area contributed by atoms with E-state index >= 15 is 0 Å². The Hall–Kier alpha value is -0.850. The van der Waals surface area contributed by atoms with Crippen LogP contribution in [0.5, 0.6) is 0 Å². The number of aliphatic hydroxyl groups is 1.